The first-order chi connectivity index (χ1) is 11.5. The van der Waals surface area contributed by atoms with Gasteiger partial charge in [-0.2, -0.15) is 0 Å². The number of rotatable bonds is 6. The molecular weight excluding hydrogens is 302 g/mol. The van der Waals surface area contributed by atoms with Gasteiger partial charge in [-0.15, -0.1) is 0 Å². The van der Waals surface area contributed by atoms with Crippen LogP contribution in [0.4, 0.5) is 0 Å². The molecule has 1 saturated carbocycles. The van der Waals surface area contributed by atoms with Crippen molar-refractivity contribution in [2.75, 3.05) is 6.54 Å². The van der Waals surface area contributed by atoms with Crippen molar-refractivity contribution in [1.82, 2.24) is 15.2 Å². The smallest absolute Gasteiger partial charge is 0.239 e. The first-order valence-electron chi connectivity index (χ1n) is 8.33. The second kappa shape index (κ2) is 6.91. The van der Waals surface area contributed by atoms with E-state index in [2.05, 4.69) is 41.2 Å². The molecule has 2 N–H and O–H groups in total. The second-order valence-electron chi connectivity index (χ2n) is 6.41. The van der Waals surface area contributed by atoms with Crippen LogP contribution in [0.25, 0.3) is 5.69 Å². The van der Waals surface area contributed by atoms with Crippen LogP contribution in [0.5, 0.6) is 0 Å². The Morgan fingerprint density at radius 3 is 2.21 bits per heavy atom. The van der Waals surface area contributed by atoms with Crippen molar-refractivity contribution in [2.45, 2.75) is 39.2 Å². The minimum Gasteiger partial charge on any atom is -0.352 e. The number of nitrogens with one attached hydrogen (secondary N) is 2. The zero-order chi connectivity index (χ0) is 17.1. The lowest BCUT2D eigenvalue weighted by molar-refractivity contribution is -0.125. The number of amides is 2. The van der Waals surface area contributed by atoms with Crippen LogP contribution in [0.3, 0.4) is 0 Å². The van der Waals surface area contributed by atoms with E-state index >= 15 is 0 Å². The van der Waals surface area contributed by atoms with E-state index in [1.807, 2.05) is 24.3 Å². The Balaban J connectivity index is 1.53. The van der Waals surface area contributed by atoms with Gasteiger partial charge in [-0.1, -0.05) is 12.1 Å². The molecule has 3 rings (SSSR count). The van der Waals surface area contributed by atoms with Crippen LogP contribution in [0.2, 0.25) is 0 Å². The maximum absolute atomic E-state index is 11.9. The van der Waals surface area contributed by atoms with E-state index < -0.39 is 0 Å². The number of benzene rings is 1. The largest absolute Gasteiger partial charge is 0.352 e. The molecule has 1 aliphatic rings. The maximum atomic E-state index is 11.9. The average Bonchev–Trinajstić information content (AvgIpc) is 3.30. The highest BCUT2D eigenvalue weighted by molar-refractivity contribution is 5.85. The van der Waals surface area contributed by atoms with E-state index in [-0.39, 0.29) is 24.8 Å². The molecule has 0 bridgehead atoms. The third-order valence-electron chi connectivity index (χ3n) is 4.22. The highest BCUT2D eigenvalue weighted by atomic mass is 16.2. The molecule has 126 valence electrons. The number of aryl methyl sites for hydroxylation is 2. The molecule has 2 amide bonds. The zero-order valence-corrected chi connectivity index (χ0v) is 14.1. The van der Waals surface area contributed by atoms with Gasteiger partial charge in [0.15, 0.2) is 0 Å². The van der Waals surface area contributed by atoms with Gasteiger partial charge in [-0.3, -0.25) is 9.59 Å². The molecule has 0 atom stereocenters. The van der Waals surface area contributed by atoms with Gasteiger partial charge in [0, 0.05) is 23.1 Å². The Morgan fingerprint density at radius 2 is 1.62 bits per heavy atom. The highest BCUT2D eigenvalue weighted by Crippen LogP contribution is 2.18. The van der Waals surface area contributed by atoms with Crippen molar-refractivity contribution in [3.05, 3.63) is 53.3 Å². The molecule has 5 heteroatoms. The Bertz CT molecular complexity index is 723. The van der Waals surface area contributed by atoms with E-state index in [1.54, 1.807) is 0 Å². The molecule has 1 heterocycles. The average molecular weight is 325 g/mol. The van der Waals surface area contributed by atoms with E-state index in [0.29, 0.717) is 6.04 Å². The molecular formula is C19H23N3O2. The summed E-state index contributed by atoms with van der Waals surface area (Å²) in [7, 11) is 0. The Labute approximate surface area is 142 Å². The third kappa shape index (κ3) is 4.04. The van der Waals surface area contributed by atoms with Crippen molar-refractivity contribution in [3.8, 4) is 5.69 Å². The van der Waals surface area contributed by atoms with Crippen LogP contribution < -0.4 is 10.6 Å². The third-order valence-corrected chi connectivity index (χ3v) is 4.22. The van der Waals surface area contributed by atoms with Gasteiger partial charge in [0.25, 0.3) is 0 Å². The molecule has 0 unspecified atom stereocenters. The normalized spacial score (nSPS) is 13.6. The fourth-order valence-corrected chi connectivity index (χ4v) is 2.77. The molecule has 0 saturated heterocycles. The monoisotopic (exact) mass is 325 g/mol. The number of carbonyl (C=O) groups is 2. The molecule has 0 radical (unpaired) electrons. The number of carbonyl (C=O) groups excluding carboxylic acids is 2. The van der Waals surface area contributed by atoms with E-state index in [4.69, 9.17) is 0 Å². The fraction of sp³-hybridized carbons (Fsp3) is 0.368. The van der Waals surface area contributed by atoms with Crippen molar-refractivity contribution >= 4 is 11.8 Å². The molecule has 24 heavy (non-hydrogen) atoms. The minimum absolute atomic E-state index is 0.0508. The second-order valence-corrected chi connectivity index (χ2v) is 6.41. The number of hydrogen-bond acceptors (Lipinski definition) is 2. The molecule has 5 nitrogen and oxygen atoms in total. The summed E-state index contributed by atoms with van der Waals surface area (Å²) in [5, 5.41) is 5.52. The van der Waals surface area contributed by atoms with Crippen LogP contribution in [0.1, 0.15) is 29.8 Å². The lowest BCUT2D eigenvalue weighted by Gasteiger charge is -2.10. The first kappa shape index (κ1) is 16.3. The van der Waals surface area contributed by atoms with E-state index in [0.717, 1.165) is 24.1 Å². The predicted octanol–water partition coefficient (Wildman–Crippen LogP) is 2.03. The summed E-state index contributed by atoms with van der Waals surface area (Å²) in [6.45, 7) is 4.19. The number of nitrogens with zero attached hydrogens (tertiary/aromatic N) is 1. The van der Waals surface area contributed by atoms with Crippen LogP contribution in [-0.2, 0) is 16.0 Å². The number of hydrogen-bond donors (Lipinski definition) is 2. The molecule has 1 aromatic carbocycles. The van der Waals surface area contributed by atoms with Gasteiger partial charge in [0.1, 0.15) is 0 Å². The van der Waals surface area contributed by atoms with Crippen molar-refractivity contribution in [3.63, 3.8) is 0 Å². The van der Waals surface area contributed by atoms with Crippen molar-refractivity contribution in [1.29, 1.82) is 0 Å². The summed E-state index contributed by atoms with van der Waals surface area (Å²) in [6.07, 6.45) is 2.37. The van der Waals surface area contributed by atoms with Gasteiger partial charge < -0.3 is 15.2 Å². The van der Waals surface area contributed by atoms with Crippen LogP contribution in [-0.4, -0.2) is 29.0 Å². The summed E-state index contributed by atoms with van der Waals surface area (Å²) >= 11 is 0. The summed E-state index contributed by atoms with van der Waals surface area (Å²) < 4.78 is 2.17. The van der Waals surface area contributed by atoms with Crippen molar-refractivity contribution < 1.29 is 9.59 Å². The van der Waals surface area contributed by atoms with Gasteiger partial charge in [-0.25, -0.2) is 0 Å². The quantitative estimate of drug-likeness (QED) is 0.853. The van der Waals surface area contributed by atoms with Crippen LogP contribution >= 0.6 is 0 Å². The Hall–Kier alpha value is -2.56. The molecule has 1 aliphatic carbocycles. The van der Waals surface area contributed by atoms with Gasteiger partial charge in [0.2, 0.25) is 11.8 Å². The minimum atomic E-state index is -0.137. The lowest BCUT2D eigenvalue weighted by atomic mass is 10.1. The summed E-state index contributed by atoms with van der Waals surface area (Å²) in [6, 6.07) is 12.4. The molecule has 1 fully saturated rings. The number of aromatic nitrogens is 1. The summed E-state index contributed by atoms with van der Waals surface area (Å²) in [5.74, 6) is -0.248. The molecule has 0 spiro atoms. The highest BCUT2D eigenvalue weighted by Gasteiger charge is 2.23. The molecule has 0 aliphatic heterocycles. The van der Waals surface area contributed by atoms with E-state index in [1.165, 1.54) is 11.4 Å². The lowest BCUT2D eigenvalue weighted by Crippen LogP contribution is -2.38. The topological polar surface area (TPSA) is 63.1 Å². The fourth-order valence-electron chi connectivity index (χ4n) is 2.77. The SMILES string of the molecule is Cc1ccc(C)n1-c1ccc(CC(=O)NCC(=O)NC2CC2)cc1. The summed E-state index contributed by atoms with van der Waals surface area (Å²) in [5.41, 5.74) is 4.38. The zero-order valence-electron chi connectivity index (χ0n) is 14.1. The Morgan fingerprint density at radius 1 is 1.00 bits per heavy atom. The van der Waals surface area contributed by atoms with Crippen LogP contribution in [0.15, 0.2) is 36.4 Å². The first-order valence-corrected chi connectivity index (χ1v) is 8.33. The van der Waals surface area contributed by atoms with Crippen molar-refractivity contribution in [2.24, 2.45) is 0 Å². The van der Waals surface area contributed by atoms with E-state index in [9.17, 15) is 9.59 Å². The van der Waals surface area contributed by atoms with Gasteiger partial charge in [-0.05, 0) is 56.5 Å². The van der Waals surface area contributed by atoms with Gasteiger partial charge >= 0.3 is 0 Å². The Kier molecular flexibility index (Phi) is 4.69. The summed E-state index contributed by atoms with van der Waals surface area (Å²) in [4.78, 5) is 23.5. The molecule has 1 aromatic heterocycles. The standard InChI is InChI=1S/C19H23N3O2/c1-13-3-4-14(2)22(13)17-9-5-15(6-10-17)11-18(23)20-12-19(24)21-16-7-8-16/h3-6,9-10,16H,7-8,11-12H2,1-2H3,(H,20,23)(H,21,24). The van der Waals surface area contributed by atoms with Crippen LogP contribution in [0, 0.1) is 13.8 Å². The van der Waals surface area contributed by atoms with Gasteiger partial charge in [0.05, 0.1) is 13.0 Å². The molecule has 2 aromatic rings. The predicted molar refractivity (Wildman–Crippen MR) is 93.1 cm³/mol. The maximum Gasteiger partial charge on any atom is 0.239 e.